The maximum absolute atomic E-state index is 13.5. The van der Waals surface area contributed by atoms with E-state index < -0.39 is 0 Å². The van der Waals surface area contributed by atoms with Crippen LogP contribution < -0.4 is 9.80 Å². The smallest absolute Gasteiger partial charge is 0.248 e. The van der Waals surface area contributed by atoms with E-state index >= 15 is 0 Å². The molecule has 110 valence electrons. The molecule has 21 heavy (non-hydrogen) atoms. The average Bonchev–Trinajstić information content (AvgIpc) is 2.90. The Morgan fingerprint density at radius 2 is 2.19 bits per heavy atom. The fourth-order valence-corrected chi connectivity index (χ4v) is 2.47. The van der Waals surface area contributed by atoms with E-state index in [0.717, 1.165) is 24.3 Å². The number of carbonyl (C=O) groups excluding carboxylic acids is 1. The molecule has 8 heteroatoms. The van der Waals surface area contributed by atoms with Crippen LogP contribution in [0.25, 0.3) is 0 Å². The Kier molecular flexibility index (Phi) is 3.51. The van der Waals surface area contributed by atoms with Crippen LogP contribution in [0.5, 0.6) is 0 Å². The van der Waals surface area contributed by atoms with Crippen LogP contribution in [0.1, 0.15) is 6.42 Å². The summed E-state index contributed by atoms with van der Waals surface area (Å²) in [5.41, 5.74) is 1.44. The Hall–Kier alpha value is -2.51. The molecular formula is C13H15FN6O. The molecule has 2 heterocycles. The first-order valence-corrected chi connectivity index (χ1v) is 6.67. The average molecular weight is 290 g/mol. The summed E-state index contributed by atoms with van der Waals surface area (Å²) >= 11 is 0. The summed E-state index contributed by atoms with van der Waals surface area (Å²) in [4.78, 5) is 16.1. The molecule has 1 aliphatic heterocycles. The summed E-state index contributed by atoms with van der Waals surface area (Å²) in [5, 5.41) is 10.7. The highest BCUT2D eigenvalue weighted by Gasteiger charge is 2.24. The van der Waals surface area contributed by atoms with Gasteiger partial charge >= 0.3 is 0 Å². The number of fused-ring (bicyclic) bond motifs is 1. The SMILES string of the molecule is CN1CCCN(C(=O)Cn2cnnn2)c2ccc(F)cc21. The number of tetrazole rings is 1. The molecule has 1 aromatic carbocycles. The Morgan fingerprint density at radius 1 is 1.33 bits per heavy atom. The maximum atomic E-state index is 13.5. The summed E-state index contributed by atoms with van der Waals surface area (Å²) in [6, 6.07) is 4.47. The van der Waals surface area contributed by atoms with Gasteiger partial charge in [0, 0.05) is 20.1 Å². The van der Waals surface area contributed by atoms with Crippen LogP contribution in [0.15, 0.2) is 24.5 Å². The number of amides is 1. The molecule has 0 N–H and O–H groups in total. The lowest BCUT2D eigenvalue weighted by atomic mass is 10.2. The third-order valence-electron chi connectivity index (χ3n) is 3.50. The molecule has 2 aromatic rings. The highest BCUT2D eigenvalue weighted by Crippen LogP contribution is 2.32. The molecule has 0 spiro atoms. The van der Waals surface area contributed by atoms with E-state index in [1.807, 2.05) is 11.9 Å². The largest absolute Gasteiger partial charge is 0.373 e. The number of halogens is 1. The predicted molar refractivity (Wildman–Crippen MR) is 74.5 cm³/mol. The number of hydrogen-bond acceptors (Lipinski definition) is 5. The zero-order chi connectivity index (χ0) is 14.8. The lowest BCUT2D eigenvalue weighted by Gasteiger charge is -2.24. The van der Waals surface area contributed by atoms with Crippen LogP contribution in [-0.2, 0) is 11.3 Å². The van der Waals surface area contributed by atoms with E-state index in [-0.39, 0.29) is 18.3 Å². The minimum absolute atomic E-state index is 0.0630. The van der Waals surface area contributed by atoms with Crippen molar-refractivity contribution in [1.82, 2.24) is 20.2 Å². The second-order valence-electron chi connectivity index (χ2n) is 4.96. The second-order valence-corrected chi connectivity index (χ2v) is 4.96. The van der Waals surface area contributed by atoms with Gasteiger partial charge in [-0.05, 0) is 35.0 Å². The molecule has 0 saturated heterocycles. The molecule has 0 aliphatic carbocycles. The van der Waals surface area contributed by atoms with Crippen molar-refractivity contribution >= 4 is 17.3 Å². The van der Waals surface area contributed by atoms with Gasteiger partial charge in [-0.15, -0.1) is 5.10 Å². The molecule has 7 nitrogen and oxygen atoms in total. The first-order valence-electron chi connectivity index (χ1n) is 6.67. The van der Waals surface area contributed by atoms with Gasteiger partial charge in [0.15, 0.2) is 0 Å². The number of hydrogen-bond donors (Lipinski definition) is 0. The molecule has 0 atom stereocenters. The van der Waals surface area contributed by atoms with Gasteiger partial charge < -0.3 is 9.80 Å². The molecule has 0 radical (unpaired) electrons. The summed E-state index contributed by atoms with van der Waals surface area (Å²) in [7, 11) is 1.90. The van der Waals surface area contributed by atoms with Gasteiger partial charge in [0.05, 0.1) is 11.4 Å². The highest BCUT2D eigenvalue weighted by molar-refractivity contribution is 5.97. The zero-order valence-corrected chi connectivity index (χ0v) is 11.6. The van der Waals surface area contributed by atoms with Crippen molar-refractivity contribution in [2.45, 2.75) is 13.0 Å². The molecule has 0 unspecified atom stereocenters. The Labute approximate surface area is 121 Å². The molecule has 0 fully saturated rings. The number of benzene rings is 1. The monoisotopic (exact) mass is 290 g/mol. The minimum Gasteiger partial charge on any atom is -0.373 e. The van der Waals surface area contributed by atoms with Gasteiger partial charge in [0.1, 0.15) is 18.7 Å². The quantitative estimate of drug-likeness (QED) is 0.814. The van der Waals surface area contributed by atoms with Crippen molar-refractivity contribution in [1.29, 1.82) is 0 Å². The van der Waals surface area contributed by atoms with Crippen molar-refractivity contribution in [3.8, 4) is 0 Å². The van der Waals surface area contributed by atoms with Crippen molar-refractivity contribution in [2.24, 2.45) is 0 Å². The second kappa shape index (κ2) is 5.47. The number of carbonyl (C=O) groups is 1. The van der Waals surface area contributed by atoms with E-state index in [2.05, 4.69) is 15.5 Å². The number of rotatable bonds is 2. The molecule has 1 aliphatic rings. The van der Waals surface area contributed by atoms with Crippen LogP contribution in [0.4, 0.5) is 15.8 Å². The maximum Gasteiger partial charge on any atom is 0.248 e. The van der Waals surface area contributed by atoms with Gasteiger partial charge in [-0.3, -0.25) is 4.79 Å². The van der Waals surface area contributed by atoms with Gasteiger partial charge in [-0.25, -0.2) is 9.07 Å². The zero-order valence-electron chi connectivity index (χ0n) is 11.6. The summed E-state index contributed by atoms with van der Waals surface area (Å²) in [5.74, 6) is -0.430. The van der Waals surface area contributed by atoms with Crippen molar-refractivity contribution in [3.63, 3.8) is 0 Å². The van der Waals surface area contributed by atoms with Crippen molar-refractivity contribution in [3.05, 3.63) is 30.3 Å². The van der Waals surface area contributed by atoms with Crippen LogP contribution in [0, 0.1) is 5.82 Å². The van der Waals surface area contributed by atoms with Crippen LogP contribution in [0.3, 0.4) is 0 Å². The molecule has 1 aromatic heterocycles. The topological polar surface area (TPSA) is 67.2 Å². The third kappa shape index (κ3) is 2.69. The first-order chi connectivity index (χ1) is 10.1. The number of anilines is 2. The Bertz CT molecular complexity index is 644. The normalized spacial score (nSPS) is 14.8. The lowest BCUT2D eigenvalue weighted by Crippen LogP contribution is -2.34. The fraction of sp³-hybridized carbons (Fsp3) is 0.385. The Morgan fingerprint density at radius 3 is 2.95 bits per heavy atom. The minimum atomic E-state index is -0.310. The summed E-state index contributed by atoms with van der Waals surface area (Å²) in [6.45, 7) is 1.42. The predicted octanol–water partition coefficient (Wildman–Crippen LogP) is 0.685. The number of aromatic nitrogens is 4. The Balaban J connectivity index is 1.91. The van der Waals surface area contributed by atoms with Gasteiger partial charge in [-0.2, -0.15) is 0 Å². The molecule has 1 amide bonds. The molecule has 3 rings (SSSR count). The third-order valence-corrected chi connectivity index (χ3v) is 3.50. The van der Waals surface area contributed by atoms with Crippen LogP contribution >= 0.6 is 0 Å². The van der Waals surface area contributed by atoms with E-state index in [1.165, 1.54) is 23.1 Å². The van der Waals surface area contributed by atoms with E-state index in [4.69, 9.17) is 0 Å². The summed E-state index contributed by atoms with van der Waals surface area (Å²) in [6.07, 6.45) is 2.21. The van der Waals surface area contributed by atoms with Gasteiger partial charge in [-0.1, -0.05) is 0 Å². The lowest BCUT2D eigenvalue weighted by molar-refractivity contribution is -0.119. The first kappa shape index (κ1) is 13.5. The van der Waals surface area contributed by atoms with Crippen LogP contribution in [-0.4, -0.2) is 46.3 Å². The van der Waals surface area contributed by atoms with E-state index in [1.54, 1.807) is 11.0 Å². The number of nitrogens with zero attached hydrogens (tertiary/aromatic N) is 6. The molecule has 0 bridgehead atoms. The van der Waals surface area contributed by atoms with E-state index in [9.17, 15) is 9.18 Å². The fourth-order valence-electron chi connectivity index (χ4n) is 2.47. The molecule has 0 saturated carbocycles. The van der Waals surface area contributed by atoms with Gasteiger partial charge in [0.25, 0.3) is 0 Å². The van der Waals surface area contributed by atoms with Gasteiger partial charge in [0.2, 0.25) is 5.91 Å². The van der Waals surface area contributed by atoms with Crippen molar-refractivity contribution < 1.29 is 9.18 Å². The molecular weight excluding hydrogens is 275 g/mol. The highest BCUT2D eigenvalue weighted by atomic mass is 19.1. The van der Waals surface area contributed by atoms with E-state index in [0.29, 0.717) is 6.54 Å². The van der Waals surface area contributed by atoms with Crippen molar-refractivity contribution in [2.75, 3.05) is 29.9 Å². The summed E-state index contributed by atoms with van der Waals surface area (Å²) < 4.78 is 14.8. The van der Waals surface area contributed by atoms with Crippen LogP contribution in [0.2, 0.25) is 0 Å². The standard InChI is InChI=1S/C13H15FN6O/c1-18-5-2-6-20(11-4-3-10(14)7-12(11)18)13(21)8-19-9-15-16-17-19/h3-4,7,9H,2,5-6,8H2,1H3.